The van der Waals surface area contributed by atoms with Gasteiger partial charge >= 0.3 is 0 Å². The van der Waals surface area contributed by atoms with E-state index in [1.165, 1.54) is 30.1 Å². The molecule has 0 heterocycles. The van der Waals surface area contributed by atoms with E-state index >= 15 is 0 Å². The number of hydrogen-bond donors (Lipinski definition) is 1. The molecule has 0 saturated carbocycles. The fourth-order valence-corrected chi connectivity index (χ4v) is 1.91. The minimum atomic E-state index is 0.655. The fourth-order valence-electron chi connectivity index (χ4n) is 1.37. The van der Waals surface area contributed by atoms with Crippen molar-refractivity contribution in [2.75, 3.05) is 57.7 Å². The van der Waals surface area contributed by atoms with Crippen molar-refractivity contribution in [1.82, 2.24) is 5.32 Å². The predicted octanol–water partition coefficient (Wildman–Crippen LogP) is 2.25. The number of nitrogens with one attached hydrogen (secondary N) is 1. The number of rotatable bonds is 15. The topological polar surface area (TPSA) is 39.7 Å². The average molecular weight is 373 g/mol. The molecule has 4 nitrogen and oxygen atoms in total. The van der Waals surface area contributed by atoms with E-state index in [4.69, 9.17) is 14.2 Å². The van der Waals surface area contributed by atoms with Gasteiger partial charge in [0.25, 0.3) is 0 Å². The Morgan fingerprint density at radius 1 is 0.722 bits per heavy atom. The highest BCUT2D eigenvalue weighted by atomic mass is 127. The molecule has 0 aromatic carbocycles. The van der Waals surface area contributed by atoms with Gasteiger partial charge in [-0.2, -0.15) is 0 Å². The third kappa shape index (κ3) is 16.6. The first-order valence-electron chi connectivity index (χ1n) is 6.85. The Labute approximate surface area is 125 Å². The minimum absolute atomic E-state index is 0.655. The van der Waals surface area contributed by atoms with Gasteiger partial charge in [-0.1, -0.05) is 35.4 Å². The Balaban J connectivity index is 2.86. The number of ether oxygens (including phenoxy) is 3. The molecule has 0 amide bonds. The van der Waals surface area contributed by atoms with E-state index < -0.39 is 0 Å². The summed E-state index contributed by atoms with van der Waals surface area (Å²) in [5.74, 6) is 0. The number of alkyl halides is 1. The van der Waals surface area contributed by atoms with E-state index in [0.717, 1.165) is 19.8 Å². The number of halogens is 1. The van der Waals surface area contributed by atoms with Gasteiger partial charge in [0.05, 0.1) is 33.0 Å². The molecule has 5 heteroatoms. The van der Waals surface area contributed by atoms with Crippen LogP contribution in [0.15, 0.2) is 0 Å². The lowest BCUT2D eigenvalue weighted by atomic mass is 10.2. The molecule has 0 radical (unpaired) electrons. The van der Waals surface area contributed by atoms with Crippen molar-refractivity contribution in [3.63, 3.8) is 0 Å². The van der Waals surface area contributed by atoms with Gasteiger partial charge in [0.1, 0.15) is 0 Å². The van der Waals surface area contributed by atoms with Crippen LogP contribution in [0, 0.1) is 0 Å². The highest BCUT2D eigenvalue weighted by Gasteiger charge is 1.92. The Hall–Kier alpha value is 0.570. The molecule has 1 N–H and O–H groups in total. The molecular formula is C13H28INO3. The van der Waals surface area contributed by atoms with Gasteiger partial charge in [-0.05, 0) is 24.3 Å². The van der Waals surface area contributed by atoms with Gasteiger partial charge in [0, 0.05) is 13.2 Å². The van der Waals surface area contributed by atoms with Crippen LogP contribution in [0.1, 0.15) is 25.7 Å². The highest BCUT2D eigenvalue weighted by Crippen LogP contribution is 2.02. The first kappa shape index (κ1) is 18.6. The standard InChI is InChI=1S/C13H28INO3/c1-15-7-9-17-11-13-18-12-10-16-8-5-3-2-4-6-14/h15H,2-13H2,1H3. The molecule has 0 rings (SSSR count). The lowest BCUT2D eigenvalue weighted by molar-refractivity contribution is 0.0146. The van der Waals surface area contributed by atoms with Crippen molar-refractivity contribution < 1.29 is 14.2 Å². The van der Waals surface area contributed by atoms with Crippen LogP contribution < -0.4 is 5.32 Å². The van der Waals surface area contributed by atoms with Crippen LogP contribution in [0.25, 0.3) is 0 Å². The summed E-state index contributed by atoms with van der Waals surface area (Å²) in [5.41, 5.74) is 0. The van der Waals surface area contributed by atoms with Crippen molar-refractivity contribution in [3.05, 3.63) is 0 Å². The summed E-state index contributed by atoms with van der Waals surface area (Å²) in [6.07, 6.45) is 5.11. The molecule has 0 spiro atoms. The zero-order valence-corrected chi connectivity index (χ0v) is 13.7. The molecule has 0 atom stereocenters. The monoisotopic (exact) mass is 373 g/mol. The molecule has 0 bridgehead atoms. The van der Waals surface area contributed by atoms with Crippen LogP contribution in [0.4, 0.5) is 0 Å². The number of likely N-dealkylation sites (N-methyl/N-ethyl adjacent to an activating group) is 1. The fraction of sp³-hybridized carbons (Fsp3) is 1.00. The lowest BCUT2D eigenvalue weighted by Crippen LogP contribution is -2.16. The summed E-state index contributed by atoms with van der Waals surface area (Å²) in [5, 5.41) is 3.02. The highest BCUT2D eigenvalue weighted by molar-refractivity contribution is 14.1. The second kappa shape index (κ2) is 17.6. The number of hydrogen-bond acceptors (Lipinski definition) is 4. The Bertz CT molecular complexity index is 134. The van der Waals surface area contributed by atoms with Gasteiger partial charge < -0.3 is 19.5 Å². The summed E-state index contributed by atoms with van der Waals surface area (Å²) in [6, 6.07) is 0. The summed E-state index contributed by atoms with van der Waals surface area (Å²) in [4.78, 5) is 0. The maximum absolute atomic E-state index is 5.48. The van der Waals surface area contributed by atoms with Gasteiger partial charge in [-0.3, -0.25) is 0 Å². The van der Waals surface area contributed by atoms with Crippen LogP contribution >= 0.6 is 22.6 Å². The second-order valence-electron chi connectivity index (χ2n) is 4.04. The molecule has 0 aliphatic heterocycles. The average Bonchev–Trinajstić information content (AvgIpc) is 2.39. The predicted molar refractivity (Wildman–Crippen MR) is 83.7 cm³/mol. The second-order valence-corrected chi connectivity index (χ2v) is 5.12. The van der Waals surface area contributed by atoms with E-state index in [1.54, 1.807) is 0 Å². The van der Waals surface area contributed by atoms with Crippen molar-refractivity contribution in [2.24, 2.45) is 0 Å². The van der Waals surface area contributed by atoms with Crippen LogP contribution in [0.2, 0.25) is 0 Å². The van der Waals surface area contributed by atoms with Crippen LogP contribution in [0.5, 0.6) is 0 Å². The molecule has 0 aliphatic carbocycles. The van der Waals surface area contributed by atoms with Gasteiger partial charge in [0.2, 0.25) is 0 Å². The Kier molecular flexibility index (Phi) is 18.1. The van der Waals surface area contributed by atoms with Gasteiger partial charge in [-0.15, -0.1) is 0 Å². The van der Waals surface area contributed by atoms with Gasteiger partial charge in [-0.25, -0.2) is 0 Å². The molecule has 0 unspecified atom stereocenters. The van der Waals surface area contributed by atoms with E-state index in [9.17, 15) is 0 Å². The van der Waals surface area contributed by atoms with E-state index in [-0.39, 0.29) is 0 Å². The van der Waals surface area contributed by atoms with Crippen LogP contribution in [0.3, 0.4) is 0 Å². The molecule has 0 aromatic heterocycles. The summed E-state index contributed by atoms with van der Waals surface area (Å²) in [7, 11) is 1.92. The Morgan fingerprint density at radius 3 is 1.89 bits per heavy atom. The first-order valence-corrected chi connectivity index (χ1v) is 8.38. The zero-order chi connectivity index (χ0) is 13.3. The molecule has 110 valence electrons. The molecule has 0 saturated heterocycles. The molecule has 0 aliphatic rings. The number of unbranched alkanes of at least 4 members (excludes halogenated alkanes) is 3. The minimum Gasteiger partial charge on any atom is -0.379 e. The quantitative estimate of drug-likeness (QED) is 0.272. The first-order chi connectivity index (χ1) is 8.91. The van der Waals surface area contributed by atoms with Crippen LogP contribution in [-0.4, -0.2) is 57.7 Å². The van der Waals surface area contributed by atoms with Gasteiger partial charge in [0.15, 0.2) is 0 Å². The smallest absolute Gasteiger partial charge is 0.0701 e. The van der Waals surface area contributed by atoms with E-state index in [1.807, 2.05) is 7.05 Å². The molecule has 0 aromatic rings. The van der Waals surface area contributed by atoms with E-state index in [0.29, 0.717) is 26.4 Å². The SMILES string of the molecule is CNCCOCCOCCOCCCCCCI. The summed E-state index contributed by atoms with van der Waals surface area (Å²) < 4.78 is 17.5. The Morgan fingerprint density at radius 2 is 1.28 bits per heavy atom. The maximum Gasteiger partial charge on any atom is 0.0701 e. The molecule has 0 fully saturated rings. The summed E-state index contributed by atoms with van der Waals surface area (Å²) in [6.45, 7) is 5.18. The summed E-state index contributed by atoms with van der Waals surface area (Å²) >= 11 is 2.42. The van der Waals surface area contributed by atoms with Crippen LogP contribution in [-0.2, 0) is 14.2 Å². The maximum atomic E-state index is 5.48. The normalized spacial score (nSPS) is 11.0. The molecule has 18 heavy (non-hydrogen) atoms. The third-order valence-corrected chi connectivity index (χ3v) is 3.18. The third-order valence-electron chi connectivity index (χ3n) is 2.41. The zero-order valence-electron chi connectivity index (χ0n) is 11.6. The van der Waals surface area contributed by atoms with Crippen molar-refractivity contribution in [2.45, 2.75) is 25.7 Å². The van der Waals surface area contributed by atoms with Crippen molar-refractivity contribution in [3.8, 4) is 0 Å². The van der Waals surface area contributed by atoms with Crippen molar-refractivity contribution in [1.29, 1.82) is 0 Å². The van der Waals surface area contributed by atoms with Crippen molar-refractivity contribution >= 4 is 22.6 Å². The lowest BCUT2D eigenvalue weighted by Gasteiger charge is -2.06. The largest absolute Gasteiger partial charge is 0.379 e. The molecular weight excluding hydrogens is 345 g/mol. The van der Waals surface area contributed by atoms with E-state index in [2.05, 4.69) is 27.9 Å².